The molecule has 0 radical (unpaired) electrons. The zero-order valence-electron chi connectivity index (χ0n) is 24.5. The van der Waals surface area contributed by atoms with E-state index >= 15 is 0 Å². The second kappa shape index (κ2) is 14.2. The molecule has 1 aliphatic heterocycles. The smallest absolute Gasteiger partial charge is 0.303 e. The Kier molecular flexibility index (Phi) is 10.4. The summed E-state index contributed by atoms with van der Waals surface area (Å²) in [5.41, 5.74) is 4.86. The molecule has 44 heavy (non-hydrogen) atoms. The number of aryl methyl sites for hydroxylation is 2. The van der Waals surface area contributed by atoms with Crippen LogP contribution in [0.25, 0.3) is 0 Å². The fraction of sp³-hybridized carbons (Fsp3) is 0.394. The van der Waals surface area contributed by atoms with Gasteiger partial charge >= 0.3 is 5.97 Å². The first-order valence-electron chi connectivity index (χ1n) is 15.0. The fourth-order valence-electron chi connectivity index (χ4n) is 6.13. The van der Waals surface area contributed by atoms with Crippen molar-refractivity contribution in [2.45, 2.75) is 55.9 Å². The van der Waals surface area contributed by atoms with Gasteiger partial charge in [0.1, 0.15) is 5.82 Å². The number of sulfonamides is 1. The number of nitrogens with one attached hydrogen (secondary N) is 1. The number of fused-ring (bicyclic) bond motifs is 1. The number of rotatable bonds is 11. The molecule has 2 aliphatic rings. The number of halogens is 2. The van der Waals surface area contributed by atoms with E-state index in [1.54, 1.807) is 17.0 Å². The monoisotopic (exact) mass is 641 g/mol. The largest absolute Gasteiger partial charge is 0.481 e. The van der Waals surface area contributed by atoms with Crippen molar-refractivity contribution in [2.75, 3.05) is 32.7 Å². The first kappa shape index (κ1) is 32.1. The van der Waals surface area contributed by atoms with Crippen LogP contribution in [-0.2, 0) is 40.5 Å². The van der Waals surface area contributed by atoms with Crippen molar-refractivity contribution in [3.05, 3.63) is 99.3 Å². The van der Waals surface area contributed by atoms with E-state index in [9.17, 15) is 27.5 Å². The number of aliphatic carboxylic acids is 1. The van der Waals surface area contributed by atoms with Gasteiger partial charge in [0, 0.05) is 49.2 Å². The quantitative estimate of drug-likeness (QED) is 0.314. The van der Waals surface area contributed by atoms with Crippen LogP contribution in [0.1, 0.15) is 51.9 Å². The molecule has 0 saturated carbocycles. The number of carbonyl (C=O) groups excluding carboxylic acids is 1. The predicted molar refractivity (Wildman–Crippen MR) is 167 cm³/mol. The van der Waals surface area contributed by atoms with Gasteiger partial charge in [-0.2, -0.15) is 0 Å². The fourth-order valence-corrected chi connectivity index (χ4v) is 7.52. The first-order chi connectivity index (χ1) is 21.1. The van der Waals surface area contributed by atoms with Crippen molar-refractivity contribution in [1.82, 2.24) is 14.5 Å². The van der Waals surface area contributed by atoms with E-state index in [0.29, 0.717) is 49.4 Å². The molecule has 8 nitrogen and oxygen atoms in total. The summed E-state index contributed by atoms with van der Waals surface area (Å²) in [6.45, 7) is 3.61. The molecular weight excluding hydrogens is 605 g/mol. The topological polar surface area (TPSA) is 107 Å². The Morgan fingerprint density at radius 2 is 1.68 bits per heavy atom. The minimum atomic E-state index is -3.71. The predicted octanol–water partition coefficient (Wildman–Crippen LogP) is 4.72. The third kappa shape index (κ3) is 8.24. The van der Waals surface area contributed by atoms with Crippen LogP contribution in [-0.4, -0.2) is 74.0 Å². The summed E-state index contributed by atoms with van der Waals surface area (Å²) in [4.78, 5) is 28.4. The number of benzene rings is 3. The minimum absolute atomic E-state index is 0.0451. The van der Waals surface area contributed by atoms with E-state index in [1.165, 1.54) is 36.4 Å². The highest BCUT2D eigenvalue weighted by Gasteiger charge is 2.27. The molecule has 0 aromatic heterocycles. The molecule has 1 amide bonds. The molecule has 5 rings (SSSR count). The molecule has 1 unspecified atom stereocenters. The van der Waals surface area contributed by atoms with Crippen LogP contribution >= 0.6 is 11.6 Å². The molecule has 1 fully saturated rings. The molecule has 0 bridgehead atoms. The number of nitrogens with zero attached hydrogens (tertiary/aromatic N) is 2. The Morgan fingerprint density at radius 3 is 2.36 bits per heavy atom. The standard InChI is InChI=1S/C33H37ClFN3O5S/c34-27-6-11-30(12-7-27)44(42,43)36-29-10-13-31-25(5-14-32(39)40)20-23(21-26(31)22-29)2-1-15-37-16-18-38(19-17-37)33(41)24-3-8-28(35)9-4-24/h3-4,6-9,11-12,20-21,29,36H,1-2,5,10,13-19,22H2,(H,39,40). The summed E-state index contributed by atoms with van der Waals surface area (Å²) in [5.74, 6) is -1.29. The lowest BCUT2D eigenvalue weighted by atomic mass is 9.83. The summed E-state index contributed by atoms with van der Waals surface area (Å²) < 4.78 is 42.1. The summed E-state index contributed by atoms with van der Waals surface area (Å²) in [6, 6.07) is 15.8. The number of carbonyl (C=O) groups is 2. The van der Waals surface area contributed by atoms with Gasteiger partial charge in [-0.25, -0.2) is 17.5 Å². The van der Waals surface area contributed by atoms with Crippen molar-refractivity contribution in [3.8, 4) is 0 Å². The molecule has 1 aliphatic carbocycles. The Balaban J connectivity index is 1.19. The third-order valence-corrected chi connectivity index (χ3v) is 10.2. The van der Waals surface area contributed by atoms with Gasteiger partial charge in [0.15, 0.2) is 0 Å². The Bertz CT molecular complexity index is 1590. The minimum Gasteiger partial charge on any atom is -0.481 e. The summed E-state index contributed by atoms with van der Waals surface area (Å²) in [7, 11) is -3.71. The van der Waals surface area contributed by atoms with Crippen molar-refractivity contribution >= 4 is 33.5 Å². The summed E-state index contributed by atoms with van der Waals surface area (Å²) >= 11 is 5.93. The zero-order valence-corrected chi connectivity index (χ0v) is 26.0. The van der Waals surface area contributed by atoms with Gasteiger partial charge in [-0.1, -0.05) is 23.7 Å². The Morgan fingerprint density at radius 1 is 0.977 bits per heavy atom. The van der Waals surface area contributed by atoms with E-state index in [1.807, 2.05) is 0 Å². The zero-order chi connectivity index (χ0) is 31.3. The van der Waals surface area contributed by atoms with Gasteiger partial charge in [0.05, 0.1) is 4.90 Å². The van der Waals surface area contributed by atoms with Crippen molar-refractivity contribution in [2.24, 2.45) is 0 Å². The van der Waals surface area contributed by atoms with E-state index < -0.39 is 16.0 Å². The lowest BCUT2D eigenvalue weighted by Crippen LogP contribution is -2.48. The molecule has 234 valence electrons. The average molecular weight is 642 g/mol. The number of amides is 1. The highest BCUT2D eigenvalue weighted by atomic mass is 35.5. The van der Waals surface area contributed by atoms with Crippen LogP contribution in [0.2, 0.25) is 5.02 Å². The first-order valence-corrected chi connectivity index (χ1v) is 16.8. The number of hydrogen-bond donors (Lipinski definition) is 2. The molecule has 1 saturated heterocycles. The second-order valence-electron chi connectivity index (χ2n) is 11.5. The van der Waals surface area contributed by atoms with Gasteiger partial charge < -0.3 is 10.0 Å². The van der Waals surface area contributed by atoms with Gasteiger partial charge in [-0.05, 0) is 116 Å². The van der Waals surface area contributed by atoms with Gasteiger partial charge in [-0.3, -0.25) is 14.5 Å². The summed E-state index contributed by atoms with van der Waals surface area (Å²) in [5, 5.41) is 9.80. The highest BCUT2D eigenvalue weighted by molar-refractivity contribution is 7.89. The van der Waals surface area contributed by atoms with E-state index in [4.69, 9.17) is 11.6 Å². The van der Waals surface area contributed by atoms with Crippen LogP contribution in [0.4, 0.5) is 4.39 Å². The molecule has 3 aromatic carbocycles. The average Bonchev–Trinajstić information content (AvgIpc) is 3.00. The number of hydrogen-bond acceptors (Lipinski definition) is 5. The van der Waals surface area contributed by atoms with Gasteiger partial charge in [-0.15, -0.1) is 0 Å². The third-order valence-electron chi connectivity index (χ3n) is 8.45. The second-order valence-corrected chi connectivity index (χ2v) is 13.7. The Labute approximate surface area is 262 Å². The Hall–Kier alpha value is -3.31. The number of piperazine rings is 1. The van der Waals surface area contributed by atoms with Crippen LogP contribution in [0.5, 0.6) is 0 Å². The number of carboxylic acid groups (broad SMARTS) is 1. The van der Waals surface area contributed by atoms with Crippen molar-refractivity contribution < 1.29 is 27.5 Å². The van der Waals surface area contributed by atoms with E-state index in [-0.39, 0.29) is 29.1 Å². The number of carboxylic acids is 1. The van der Waals surface area contributed by atoms with Gasteiger partial charge in [0.2, 0.25) is 10.0 Å². The molecule has 2 N–H and O–H groups in total. The molecule has 3 aromatic rings. The van der Waals surface area contributed by atoms with E-state index in [2.05, 4.69) is 21.8 Å². The van der Waals surface area contributed by atoms with Crippen molar-refractivity contribution in [3.63, 3.8) is 0 Å². The van der Waals surface area contributed by atoms with Crippen LogP contribution in [0, 0.1) is 5.82 Å². The maximum Gasteiger partial charge on any atom is 0.303 e. The lowest BCUT2D eigenvalue weighted by Gasteiger charge is -2.34. The van der Waals surface area contributed by atoms with Crippen LogP contribution in [0.3, 0.4) is 0 Å². The van der Waals surface area contributed by atoms with Gasteiger partial charge in [0.25, 0.3) is 5.91 Å². The highest BCUT2D eigenvalue weighted by Crippen LogP contribution is 2.29. The van der Waals surface area contributed by atoms with E-state index in [0.717, 1.165) is 54.7 Å². The van der Waals surface area contributed by atoms with Crippen LogP contribution < -0.4 is 4.72 Å². The molecule has 1 atom stereocenters. The SMILES string of the molecule is O=C(O)CCc1cc(CCCN2CCN(C(=O)c3ccc(F)cc3)CC2)cc2c1CCC(NS(=O)(=O)c1ccc(Cl)cc1)C2. The maximum absolute atomic E-state index is 13.2. The molecular formula is C33H37ClFN3O5S. The molecule has 11 heteroatoms. The molecule has 0 spiro atoms. The van der Waals surface area contributed by atoms with Crippen LogP contribution in [0.15, 0.2) is 65.6 Å². The maximum atomic E-state index is 13.2. The van der Waals surface area contributed by atoms with Crippen molar-refractivity contribution in [1.29, 1.82) is 0 Å². The molecule has 1 heterocycles. The summed E-state index contributed by atoms with van der Waals surface area (Å²) in [6.07, 6.45) is 4.05. The lowest BCUT2D eigenvalue weighted by molar-refractivity contribution is -0.136. The normalized spacial score (nSPS) is 17.3.